The quantitative estimate of drug-likeness (QED) is 0.357. The number of carbonyl (C=O) groups is 2. The maximum absolute atomic E-state index is 14.1. The Morgan fingerprint density at radius 1 is 0.951 bits per heavy atom. The number of sulfonamides is 1. The van der Waals surface area contributed by atoms with Gasteiger partial charge in [0.2, 0.25) is 21.8 Å². The van der Waals surface area contributed by atoms with Crippen molar-refractivity contribution in [2.24, 2.45) is 0 Å². The molecule has 1 aliphatic heterocycles. The molecule has 1 atom stereocenters. The fraction of sp³-hybridized carbons (Fsp3) is 0.333. The Balaban J connectivity index is 1.74. The topological polar surface area (TPSA) is 105 Å². The standard InChI is InChI=1S/C30H34ClN3O6S/c1-21(2)32-30(36)26(17-22-9-5-4-6-10-22)33(19-23-11-7-8-12-25(23)31)29(35)20-34(41(3,37)38)24-13-14-27-28(18-24)40-16-15-39-27/h4-14,18,21,26H,15-17,19-20H2,1-3H3,(H,32,36)/t26-/m0/s1. The maximum Gasteiger partial charge on any atom is 0.244 e. The lowest BCUT2D eigenvalue weighted by Crippen LogP contribution is -2.54. The van der Waals surface area contributed by atoms with Gasteiger partial charge in [-0.05, 0) is 43.2 Å². The van der Waals surface area contributed by atoms with Crippen LogP contribution in [0.3, 0.4) is 0 Å². The Morgan fingerprint density at radius 2 is 1.61 bits per heavy atom. The van der Waals surface area contributed by atoms with Crippen LogP contribution in [0, 0.1) is 0 Å². The second-order valence-corrected chi connectivity index (χ2v) is 12.4. The number of carbonyl (C=O) groups excluding carboxylic acids is 2. The minimum absolute atomic E-state index is 0.000261. The van der Waals surface area contributed by atoms with E-state index in [1.54, 1.807) is 36.4 Å². The van der Waals surface area contributed by atoms with Crippen molar-refractivity contribution in [2.45, 2.75) is 38.9 Å². The third-order valence-corrected chi connectivity index (χ3v) is 8.00. The van der Waals surface area contributed by atoms with E-state index < -0.39 is 28.5 Å². The molecule has 218 valence electrons. The first kappa shape index (κ1) is 30.2. The lowest BCUT2D eigenvalue weighted by atomic mass is 10.0. The van der Waals surface area contributed by atoms with Crippen molar-refractivity contribution in [1.82, 2.24) is 10.2 Å². The molecule has 3 aromatic carbocycles. The molecule has 0 fully saturated rings. The molecule has 0 aliphatic carbocycles. The van der Waals surface area contributed by atoms with Crippen LogP contribution < -0.4 is 19.1 Å². The second kappa shape index (κ2) is 13.3. The number of benzene rings is 3. The molecule has 2 amide bonds. The highest BCUT2D eigenvalue weighted by molar-refractivity contribution is 7.92. The number of rotatable bonds is 11. The lowest BCUT2D eigenvalue weighted by Gasteiger charge is -2.34. The molecule has 0 bridgehead atoms. The molecule has 0 saturated carbocycles. The number of nitrogens with zero attached hydrogens (tertiary/aromatic N) is 2. The van der Waals surface area contributed by atoms with Gasteiger partial charge in [-0.2, -0.15) is 0 Å². The number of ether oxygens (including phenoxy) is 2. The van der Waals surface area contributed by atoms with E-state index in [0.29, 0.717) is 35.3 Å². The van der Waals surface area contributed by atoms with Crippen LogP contribution in [0.25, 0.3) is 0 Å². The largest absolute Gasteiger partial charge is 0.486 e. The molecule has 0 unspecified atom stereocenters. The fourth-order valence-electron chi connectivity index (χ4n) is 4.55. The van der Waals surface area contributed by atoms with E-state index in [2.05, 4.69) is 5.32 Å². The van der Waals surface area contributed by atoms with Gasteiger partial charge in [0.15, 0.2) is 11.5 Å². The highest BCUT2D eigenvalue weighted by Crippen LogP contribution is 2.35. The number of hydrogen-bond donors (Lipinski definition) is 1. The van der Waals surface area contributed by atoms with Crippen LogP contribution in [-0.4, -0.2) is 63.2 Å². The molecule has 41 heavy (non-hydrogen) atoms. The van der Waals surface area contributed by atoms with Crippen LogP contribution in [0.1, 0.15) is 25.0 Å². The van der Waals surface area contributed by atoms with Gasteiger partial charge in [0.1, 0.15) is 25.8 Å². The van der Waals surface area contributed by atoms with Crippen LogP contribution in [0.2, 0.25) is 5.02 Å². The smallest absolute Gasteiger partial charge is 0.244 e. The van der Waals surface area contributed by atoms with E-state index in [0.717, 1.165) is 16.1 Å². The van der Waals surface area contributed by atoms with E-state index >= 15 is 0 Å². The summed E-state index contributed by atoms with van der Waals surface area (Å²) in [6.07, 6.45) is 1.25. The molecule has 4 rings (SSSR count). The number of hydrogen-bond acceptors (Lipinski definition) is 6. The number of nitrogens with one attached hydrogen (secondary N) is 1. The molecular formula is C30H34ClN3O6S. The molecular weight excluding hydrogens is 566 g/mol. The molecule has 0 saturated heterocycles. The van der Waals surface area contributed by atoms with Crippen LogP contribution in [0.4, 0.5) is 5.69 Å². The monoisotopic (exact) mass is 599 g/mol. The van der Waals surface area contributed by atoms with E-state index in [-0.39, 0.29) is 30.6 Å². The first-order valence-electron chi connectivity index (χ1n) is 13.3. The number of amides is 2. The third-order valence-electron chi connectivity index (χ3n) is 6.49. The van der Waals surface area contributed by atoms with Gasteiger partial charge in [-0.15, -0.1) is 0 Å². The Hall–Kier alpha value is -3.76. The zero-order chi connectivity index (χ0) is 29.6. The summed E-state index contributed by atoms with van der Waals surface area (Å²) < 4.78 is 38.2. The van der Waals surface area contributed by atoms with E-state index in [1.165, 1.54) is 11.0 Å². The molecule has 0 aromatic heterocycles. The molecule has 0 radical (unpaired) electrons. The summed E-state index contributed by atoms with van der Waals surface area (Å²) in [5, 5.41) is 3.35. The number of halogens is 1. The highest BCUT2D eigenvalue weighted by atomic mass is 35.5. The summed E-state index contributed by atoms with van der Waals surface area (Å²) in [5.74, 6) is -0.0333. The molecule has 1 N–H and O–H groups in total. The minimum atomic E-state index is -3.92. The number of fused-ring (bicyclic) bond motifs is 1. The summed E-state index contributed by atoms with van der Waals surface area (Å²) in [5.41, 5.74) is 1.72. The van der Waals surface area contributed by atoms with Gasteiger partial charge in [0.05, 0.1) is 11.9 Å². The Morgan fingerprint density at radius 3 is 2.27 bits per heavy atom. The molecule has 0 spiro atoms. The zero-order valence-electron chi connectivity index (χ0n) is 23.2. The highest BCUT2D eigenvalue weighted by Gasteiger charge is 2.34. The average Bonchev–Trinajstić information content (AvgIpc) is 2.93. The normalized spacial score (nSPS) is 13.4. The van der Waals surface area contributed by atoms with Gasteiger partial charge in [-0.3, -0.25) is 13.9 Å². The molecule has 1 heterocycles. The van der Waals surface area contributed by atoms with Crippen LogP contribution in [-0.2, 0) is 32.6 Å². The fourth-order valence-corrected chi connectivity index (χ4v) is 5.58. The number of anilines is 1. The van der Waals surface area contributed by atoms with Crippen molar-refractivity contribution in [2.75, 3.05) is 30.3 Å². The molecule has 1 aliphatic rings. The van der Waals surface area contributed by atoms with Crippen molar-refractivity contribution in [3.8, 4) is 11.5 Å². The summed E-state index contributed by atoms with van der Waals surface area (Å²) in [7, 11) is -3.92. The molecule has 11 heteroatoms. The van der Waals surface area contributed by atoms with Crippen molar-refractivity contribution in [3.63, 3.8) is 0 Å². The first-order chi connectivity index (χ1) is 19.5. The van der Waals surface area contributed by atoms with Gasteiger partial charge in [0.25, 0.3) is 0 Å². The molecule has 3 aromatic rings. The van der Waals surface area contributed by atoms with Crippen molar-refractivity contribution in [3.05, 3.63) is 88.9 Å². The predicted molar refractivity (Wildman–Crippen MR) is 159 cm³/mol. The van der Waals surface area contributed by atoms with Crippen molar-refractivity contribution < 1.29 is 27.5 Å². The van der Waals surface area contributed by atoms with Crippen LogP contribution in [0.5, 0.6) is 11.5 Å². The van der Waals surface area contributed by atoms with Gasteiger partial charge in [-0.1, -0.05) is 60.1 Å². The van der Waals surface area contributed by atoms with E-state index in [9.17, 15) is 18.0 Å². The lowest BCUT2D eigenvalue weighted by molar-refractivity contribution is -0.140. The van der Waals surface area contributed by atoms with Crippen molar-refractivity contribution in [1.29, 1.82) is 0 Å². The van der Waals surface area contributed by atoms with Gasteiger partial charge in [0, 0.05) is 30.1 Å². The van der Waals surface area contributed by atoms with E-state index in [1.807, 2.05) is 44.2 Å². The second-order valence-electron chi connectivity index (χ2n) is 10.1. The third kappa shape index (κ3) is 7.92. The summed E-state index contributed by atoms with van der Waals surface area (Å²) in [4.78, 5) is 29.1. The van der Waals surface area contributed by atoms with Crippen LogP contribution in [0.15, 0.2) is 72.8 Å². The minimum Gasteiger partial charge on any atom is -0.486 e. The van der Waals surface area contributed by atoms with Crippen molar-refractivity contribution >= 4 is 39.1 Å². The van der Waals surface area contributed by atoms with Crippen LogP contribution >= 0.6 is 11.6 Å². The summed E-state index contributed by atoms with van der Waals surface area (Å²) in [6, 6.07) is 20.0. The Bertz CT molecular complexity index is 1480. The van der Waals surface area contributed by atoms with Gasteiger partial charge < -0.3 is 19.7 Å². The maximum atomic E-state index is 14.1. The zero-order valence-corrected chi connectivity index (χ0v) is 24.8. The summed E-state index contributed by atoms with van der Waals surface area (Å²) >= 11 is 6.47. The molecule has 9 nitrogen and oxygen atoms in total. The summed E-state index contributed by atoms with van der Waals surface area (Å²) in [6.45, 7) is 3.85. The van der Waals surface area contributed by atoms with E-state index in [4.69, 9.17) is 21.1 Å². The van der Waals surface area contributed by atoms with Gasteiger partial charge >= 0.3 is 0 Å². The Kier molecular flexibility index (Phi) is 9.77. The predicted octanol–water partition coefficient (Wildman–Crippen LogP) is 4.04. The first-order valence-corrected chi connectivity index (χ1v) is 15.5. The SMILES string of the molecule is CC(C)NC(=O)[C@H](Cc1ccccc1)N(Cc1ccccc1Cl)C(=O)CN(c1ccc2c(c1)OCCO2)S(C)(=O)=O. The average molecular weight is 600 g/mol. The Labute approximate surface area is 246 Å². The van der Waals surface area contributed by atoms with Gasteiger partial charge in [-0.25, -0.2) is 8.42 Å².